The van der Waals surface area contributed by atoms with E-state index in [0.717, 1.165) is 28.2 Å². The van der Waals surface area contributed by atoms with Crippen molar-refractivity contribution < 1.29 is 4.79 Å². The lowest BCUT2D eigenvalue weighted by molar-refractivity contribution is -0.116. The van der Waals surface area contributed by atoms with Crippen molar-refractivity contribution in [1.29, 1.82) is 0 Å². The Morgan fingerprint density at radius 2 is 1.85 bits per heavy atom. The van der Waals surface area contributed by atoms with Crippen molar-refractivity contribution in [3.8, 4) is 0 Å². The summed E-state index contributed by atoms with van der Waals surface area (Å²) in [4.78, 5) is 12.1. The highest BCUT2D eigenvalue weighted by Gasteiger charge is 2.12. The van der Waals surface area contributed by atoms with Gasteiger partial charge in [-0.25, -0.2) is 0 Å². The minimum absolute atomic E-state index is 0.104. The van der Waals surface area contributed by atoms with Crippen molar-refractivity contribution >= 4 is 17.3 Å². The van der Waals surface area contributed by atoms with Crippen LogP contribution in [0.3, 0.4) is 0 Å². The molecule has 106 valence electrons. The Morgan fingerprint density at radius 3 is 2.35 bits per heavy atom. The van der Waals surface area contributed by atoms with Gasteiger partial charge in [-0.15, -0.1) is 0 Å². The fourth-order valence-electron chi connectivity index (χ4n) is 2.19. The molecule has 0 aliphatic heterocycles. The van der Waals surface area contributed by atoms with E-state index < -0.39 is 0 Å². The summed E-state index contributed by atoms with van der Waals surface area (Å²) in [5.74, 6) is -0.104. The number of nitrogens with one attached hydrogen (secondary N) is 1. The van der Waals surface area contributed by atoms with E-state index >= 15 is 0 Å². The predicted octanol–water partition coefficient (Wildman–Crippen LogP) is 2.34. The molecule has 0 bridgehead atoms. The van der Waals surface area contributed by atoms with Crippen LogP contribution < -0.4 is 11.1 Å². The van der Waals surface area contributed by atoms with Crippen LogP contribution in [0.1, 0.15) is 22.5 Å². The minimum Gasteiger partial charge on any atom is -0.396 e. The number of nitrogens with zero attached hydrogens (tertiary/aromatic N) is 2. The van der Waals surface area contributed by atoms with E-state index in [0.29, 0.717) is 5.69 Å². The van der Waals surface area contributed by atoms with Gasteiger partial charge in [0.2, 0.25) is 5.91 Å². The molecular weight excluding hydrogens is 252 g/mol. The first kappa shape index (κ1) is 14.1. The van der Waals surface area contributed by atoms with E-state index in [-0.39, 0.29) is 12.5 Å². The highest BCUT2D eigenvalue weighted by molar-refractivity contribution is 5.92. The molecule has 0 atom stereocenters. The maximum absolute atomic E-state index is 12.1. The summed E-state index contributed by atoms with van der Waals surface area (Å²) in [6.07, 6.45) is 0. The third-order valence-corrected chi connectivity index (χ3v) is 3.48. The average molecular weight is 272 g/mol. The molecule has 1 heterocycles. The van der Waals surface area contributed by atoms with Crippen molar-refractivity contribution in [2.45, 2.75) is 34.2 Å². The van der Waals surface area contributed by atoms with Crippen molar-refractivity contribution in [2.75, 3.05) is 11.1 Å². The smallest absolute Gasteiger partial charge is 0.246 e. The second-order valence-electron chi connectivity index (χ2n) is 5.06. The number of nitrogens with two attached hydrogens (primary N) is 1. The Labute approximate surface area is 118 Å². The SMILES string of the molecule is Cc1cccc(C)c1NC(=O)Cn1nc(C)c(N)c1C. The number of aromatic nitrogens is 2. The molecule has 0 saturated heterocycles. The van der Waals surface area contributed by atoms with Gasteiger partial charge in [0.05, 0.1) is 17.1 Å². The predicted molar refractivity (Wildman–Crippen MR) is 80.7 cm³/mol. The van der Waals surface area contributed by atoms with Gasteiger partial charge in [-0.05, 0) is 38.8 Å². The van der Waals surface area contributed by atoms with Gasteiger partial charge in [0.1, 0.15) is 6.54 Å². The molecule has 0 aliphatic rings. The van der Waals surface area contributed by atoms with E-state index in [1.54, 1.807) is 4.68 Å². The van der Waals surface area contributed by atoms with Crippen LogP contribution in [-0.2, 0) is 11.3 Å². The van der Waals surface area contributed by atoms with E-state index in [2.05, 4.69) is 10.4 Å². The van der Waals surface area contributed by atoms with Gasteiger partial charge < -0.3 is 11.1 Å². The van der Waals surface area contributed by atoms with Crippen LogP contribution in [0.5, 0.6) is 0 Å². The van der Waals surface area contributed by atoms with E-state index in [1.165, 1.54) is 0 Å². The maximum Gasteiger partial charge on any atom is 0.246 e. The number of aryl methyl sites for hydroxylation is 3. The van der Waals surface area contributed by atoms with Crippen LogP contribution in [0.4, 0.5) is 11.4 Å². The zero-order valence-electron chi connectivity index (χ0n) is 12.3. The van der Waals surface area contributed by atoms with Gasteiger partial charge >= 0.3 is 0 Å². The lowest BCUT2D eigenvalue weighted by Gasteiger charge is -2.12. The van der Waals surface area contributed by atoms with Crippen LogP contribution in [-0.4, -0.2) is 15.7 Å². The quantitative estimate of drug-likeness (QED) is 0.900. The molecule has 2 rings (SSSR count). The average Bonchev–Trinajstić information content (AvgIpc) is 2.62. The third-order valence-electron chi connectivity index (χ3n) is 3.48. The van der Waals surface area contributed by atoms with E-state index in [9.17, 15) is 4.79 Å². The van der Waals surface area contributed by atoms with E-state index in [1.807, 2.05) is 45.9 Å². The molecule has 1 amide bonds. The van der Waals surface area contributed by atoms with Gasteiger partial charge in [0.15, 0.2) is 0 Å². The summed E-state index contributed by atoms with van der Waals surface area (Å²) in [6.45, 7) is 7.81. The number of carbonyl (C=O) groups excluding carboxylic acids is 1. The second kappa shape index (κ2) is 5.36. The van der Waals surface area contributed by atoms with Gasteiger partial charge in [0.25, 0.3) is 0 Å². The zero-order valence-corrected chi connectivity index (χ0v) is 12.3. The molecule has 5 heteroatoms. The Kier molecular flexibility index (Phi) is 3.79. The van der Waals surface area contributed by atoms with Crippen LogP contribution in [0.2, 0.25) is 0 Å². The first-order chi connectivity index (χ1) is 9.40. The normalized spacial score (nSPS) is 10.6. The number of amides is 1. The molecule has 0 radical (unpaired) electrons. The van der Waals surface area contributed by atoms with Crippen LogP contribution in [0.15, 0.2) is 18.2 Å². The summed E-state index contributed by atoms with van der Waals surface area (Å²) < 4.78 is 1.63. The van der Waals surface area contributed by atoms with Crippen LogP contribution >= 0.6 is 0 Å². The number of anilines is 2. The summed E-state index contributed by atoms with van der Waals surface area (Å²) in [6, 6.07) is 5.93. The number of nitrogen functional groups attached to an aromatic ring is 1. The Balaban J connectivity index is 2.15. The van der Waals surface area contributed by atoms with Crippen molar-refractivity contribution in [1.82, 2.24) is 9.78 Å². The molecule has 3 N–H and O–H groups in total. The molecule has 20 heavy (non-hydrogen) atoms. The van der Waals surface area contributed by atoms with Crippen LogP contribution in [0.25, 0.3) is 0 Å². The van der Waals surface area contributed by atoms with Crippen molar-refractivity contribution in [3.05, 3.63) is 40.7 Å². The molecule has 0 aliphatic carbocycles. The zero-order chi connectivity index (χ0) is 14.9. The Bertz CT molecular complexity index is 638. The maximum atomic E-state index is 12.1. The number of benzene rings is 1. The molecule has 1 aromatic carbocycles. The van der Waals surface area contributed by atoms with Gasteiger partial charge in [0, 0.05) is 5.69 Å². The number of para-hydroxylation sites is 1. The number of hydrogen-bond acceptors (Lipinski definition) is 3. The van der Waals surface area contributed by atoms with Crippen molar-refractivity contribution in [2.24, 2.45) is 0 Å². The third kappa shape index (κ3) is 2.66. The first-order valence-electron chi connectivity index (χ1n) is 6.55. The number of rotatable bonds is 3. The number of hydrogen-bond donors (Lipinski definition) is 2. The Morgan fingerprint density at radius 1 is 1.25 bits per heavy atom. The summed E-state index contributed by atoms with van der Waals surface area (Å²) in [7, 11) is 0. The lowest BCUT2D eigenvalue weighted by Crippen LogP contribution is -2.21. The highest BCUT2D eigenvalue weighted by atomic mass is 16.2. The minimum atomic E-state index is -0.104. The van der Waals surface area contributed by atoms with Gasteiger partial charge in [-0.1, -0.05) is 18.2 Å². The molecule has 5 nitrogen and oxygen atoms in total. The van der Waals surface area contributed by atoms with Crippen molar-refractivity contribution in [3.63, 3.8) is 0 Å². The molecule has 0 spiro atoms. The summed E-state index contributed by atoms with van der Waals surface area (Å²) in [5, 5.41) is 7.21. The van der Waals surface area contributed by atoms with E-state index in [4.69, 9.17) is 5.73 Å². The topological polar surface area (TPSA) is 72.9 Å². The van der Waals surface area contributed by atoms with Gasteiger partial charge in [-0.3, -0.25) is 9.48 Å². The monoisotopic (exact) mass is 272 g/mol. The molecular formula is C15H20N4O. The molecule has 0 saturated carbocycles. The molecule has 0 unspecified atom stereocenters. The molecule has 0 fully saturated rings. The van der Waals surface area contributed by atoms with Crippen LogP contribution in [0, 0.1) is 27.7 Å². The Hall–Kier alpha value is -2.30. The summed E-state index contributed by atoms with van der Waals surface area (Å²) >= 11 is 0. The summed E-state index contributed by atoms with van der Waals surface area (Å²) in [5.41, 5.74) is 11.0. The largest absolute Gasteiger partial charge is 0.396 e. The highest BCUT2D eigenvalue weighted by Crippen LogP contribution is 2.20. The molecule has 1 aromatic heterocycles. The number of carbonyl (C=O) groups is 1. The fourth-order valence-corrected chi connectivity index (χ4v) is 2.19. The lowest BCUT2D eigenvalue weighted by atomic mass is 10.1. The first-order valence-corrected chi connectivity index (χ1v) is 6.55. The fraction of sp³-hybridized carbons (Fsp3) is 0.333. The van der Waals surface area contributed by atoms with Gasteiger partial charge in [-0.2, -0.15) is 5.10 Å². The standard InChI is InChI=1S/C15H20N4O/c1-9-6-5-7-10(2)15(9)17-13(20)8-19-12(4)14(16)11(3)18-19/h5-7H,8,16H2,1-4H3,(H,17,20). The second-order valence-corrected chi connectivity index (χ2v) is 5.06. The molecule has 2 aromatic rings.